The van der Waals surface area contributed by atoms with Gasteiger partial charge in [0.15, 0.2) is 0 Å². The predicted molar refractivity (Wildman–Crippen MR) is 104 cm³/mol. The highest BCUT2D eigenvalue weighted by Crippen LogP contribution is 2.52. The number of ether oxygens (including phenoxy) is 1. The van der Waals surface area contributed by atoms with E-state index in [0.717, 1.165) is 11.3 Å². The summed E-state index contributed by atoms with van der Waals surface area (Å²) in [5, 5.41) is 8.43. The highest BCUT2D eigenvalue weighted by molar-refractivity contribution is 6.23. The average Bonchev–Trinajstić information content (AvgIpc) is 3.30. The summed E-state index contributed by atoms with van der Waals surface area (Å²) in [5.74, 6) is -1.26. The van der Waals surface area contributed by atoms with Crippen molar-refractivity contribution in [2.45, 2.75) is 25.6 Å². The summed E-state index contributed by atoms with van der Waals surface area (Å²) in [6, 6.07) is 14.7. The number of azo groups is 1. The smallest absolute Gasteiger partial charge is 0.241 e. The lowest BCUT2D eigenvalue weighted by Crippen LogP contribution is -2.38. The number of anilines is 1. The van der Waals surface area contributed by atoms with Crippen molar-refractivity contribution in [1.29, 1.82) is 0 Å². The van der Waals surface area contributed by atoms with Gasteiger partial charge in [0.25, 0.3) is 0 Å². The van der Waals surface area contributed by atoms with Crippen molar-refractivity contribution in [3.63, 3.8) is 0 Å². The standard InChI is InChI=1S/C22H19N3O3/c1-13-3-5-14(6-4-13)23-24-15-7-9-16(10-8-15)25-20(26)18-17-11-12-22(2,28-17)19(18)21(25)27/h3-12,17-19H,1-2H3/t17-,18+,19+,22-/m1/s1. The quantitative estimate of drug-likeness (QED) is 0.459. The zero-order chi connectivity index (χ0) is 19.5. The van der Waals surface area contributed by atoms with Gasteiger partial charge in [-0.3, -0.25) is 9.59 Å². The van der Waals surface area contributed by atoms with Crippen molar-refractivity contribution < 1.29 is 14.3 Å². The van der Waals surface area contributed by atoms with Crippen LogP contribution in [0.25, 0.3) is 0 Å². The monoisotopic (exact) mass is 373 g/mol. The predicted octanol–water partition coefficient (Wildman–Crippen LogP) is 4.24. The fraction of sp³-hybridized carbons (Fsp3) is 0.273. The van der Waals surface area contributed by atoms with Gasteiger partial charge >= 0.3 is 0 Å². The lowest BCUT2D eigenvalue weighted by molar-refractivity contribution is -0.126. The zero-order valence-corrected chi connectivity index (χ0v) is 15.6. The summed E-state index contributed by atoms with van der Waals surface area (Å²) < 4.78 is 5.85. The number of carbonyl (C=O) groups is 2. The number of carbonyl (C=O) groups excluding carboxylic acids is 2. The second-order valence-electron chi connectivity index (χ2n) is 7.69. The molecule has 2 bridgehead atoms. The van der Waals surface area contributed by atoms with Gasteiger partial charge in [-0.05, 0) is 50.2 Å². The van der Waals surface area contributed by atoms with Crippen molar-refractivity contribution in [3.05, 3.63) is 66.2 Å². The first-order valence-corrected chi connectivity index (χ1v) is 9.30. The van der Waals surface area contributed by atoms with Crippen molar-refractivity contribution in [2.24, 2.45) is 22.1 Å². The first-order valence-electron chi connectivity index (χ1n) is 9.30. The Balaban J connectivity index is 1.37. The van der Waals surface area contributed by atoms with Gasteiger partial charge in [0.2, 0.25) is 11.8 Å². The molecule has 2 aromatic rings. The van der Waals surface area contributed by atoms with Crippen molar-refractivity contribution in [2.75, 3.05) is 4.90 Å². The second-order valence-corrected chi connectivity index (χ2v) is 7.69. The molecule has 6 nitrogen and oxygen atoms in total. The molecule has 5 rings (SSSR count). The lowest BCUT2D eigenvalue weighted by atomic mass is 9.78. The van der Waals surface area contributed by atoms with Crippen LogP contribution in [0.15, 0.2) is 70.9 Å². The second kappa shape index (κ2) is 5.94. The van der Waals surface area contributed by atoms with Crippen LogP contribution in [0, 0.1) is 18.8 Å². The Morgan fingerprint density at radius 2 is 1.54 bits per heavy atom. The van der Waals surface area contributed by atoms with Crippen LogP contribution in [0.5, 0.6) is 0 Å². The van der Waals surface area contributed by atoms with E-state index in [4.69, 9.17) is 4.74 Å². The highest BCUT2D eigenvalue weighted by atomic mass is 16.5. The molecule has 3 aliphatic rings. The lowest BCUT2D eigenvalue weighted by Gasteiger charge is -2.24. The Bertz CT molecular complexity index is 1030. The van der Waals surface area contributed by atoms with E-state index < -0.39 is 17.4 Å². The van der Waals surface area contributed by atoms with E-state index in [1.54, 1.807) is 24.3 Å². The van der Waals surface area contributed by atoms with E-state index in [9.17, 15) is 9.59 Å². The number of fused-ring (bicyclic) bond motifs is 5. The first-order chi connectivity index (χ1) is 13.5. The van der Waals surface area contributed by atoms with Gasteiger partial charge in [-0.15, -0.1) is 0 Å². The van der Waals surface area contributed by atoms with Crippen molar-refractivity contribution in [3.8, 4) is 0 Å². The maximum Gasteiger partial charge on any atom is 0.241 e. The van der Waals surface area contributed by atoms with E-state index in [1.807, 2.05) is 50.3 Å². The SMILES string of the molecule is Cc1ccc(N=Nc2ccc(N3C(=O)[C@@H]4[C@@H](C3=O)[C@@]3(C)C=C[C@H]4O3)cc2)cc1. The summed E-state index contributed by atoms with van der Waals surface area (Å²) in [4.78, 5) is 27.2. The molecular formula is C22H19N3O3. The fourth-order valence-corrected chi connectivity index (χ4v) is 4.30. The van der Waals surface area contributed by atoms with Gasteiger partial charge in [0.05, 0.1) is 40.6 Å². The zero-order valence-electron chi connectivity index (χ0n) is 15.6. The molecule has 0 radical (unpaired) electrons. The molecule has 0 unspecified atom stereocenters. The minimum Gasteiger partial charge on any atom is -0.362 e. The van der Waals surface area contributed by atoms with Gasteiger partial charge in [-0.1, -0.05) is 29.8 Å². The molecule has 6 heteroatoms. The molecule has 28 heavy (non-hydrogen) atoms. The third kappa shape index (κ3) is 2.45. The maximum atomic E-state index is 13.0. The van der Waals surface area contributed by atoms with Gasteiger partial charge in [-0.2, -0.15) is 10.2 Å². The summed E-state index contributed by atoms with van der Waals surface area (Å²) in [6.07, 6.45) is 3.49. The van der Waals surface area contributed by atoms with E-state index in [2.05, 4.69) is 10.2 Å². The number of hydrogen-bond donors (Lipinski definition) is 0. The number of rotatable bonds is 3. The molecular weight excluding hydrogens is 354 g/mol. The van der Waals surface area contributed by atoms with E-state index in [1.165, 1.54) is 4.90 Å². The Hall–Kier alpha value is -3.12. The van der Waals surface area contributed by atoms with Crippen LogP contribution < -0.4 is 4.90 Å². The summed E-state index contributed by atoms with van der Waals surface area (Å²) >= 11 is 0. The van der Waals surface area contributed by atoms with E-state index >= 15 is 0 Å². The minimum absolute atomic E-state index is 0.192. The Morgan fingerprint density at radius 1 is 0.929 bits per heavy atom. The first kappa shape index (κ1) is 17.0. The van der Waals surface area contributed by atoms with Crippen molar-refractivity contribution >= 4 is 28.9 Å². The van der Waals surface area contributed by atoms with E-state index in [-0.39, 0.29) is 17.9 Å². The molecule has 4 atom stereocenters. The largest absolute Gasteiger partial charge is 0.362 e. The topological polar surface area (TPSA) is 71.3 Å². The molecule has 0 saturated carbocycles. The molecule has 2 aromatic carbocycles. The van der Waals surface area contributed by atoms with Crippen molar-refractivity contribution in [1.82, 2.24) is 0 Å². The number of aryl methyl sites for hydroxylation is 1. The van der Waals surface area contributed by atoms with Crippen LogP contribution in [0.3, 0.4) is 0 Å². The Labute approximate surface area is 162 Å². The van der Waals surface area contributed by atoms with Gasteiger partial charge in [0.1, 0.15) is 0 Å². The summed E-state index contributed by atoms with van der Waals surface area (Å²) in [5.41, 5.74) is 2.46. The van der Waals surface area contributed by atoms with Crippen LogP contribution in [0.1, 0.15) is 12.5 Å². The molecule has 0 N–H and O–H groups in total. The Kier molecular flexibility index (Phi) is 3.61. The highest BCUT2D eigenvalue weighted by Gasteiger charge is 2.65. The molecule has 0 spiro atoms. The molecule has 0 aliphatic carbocycles. The third-order valence-corrected chi connectivity index (χ3v) is 5.75. The number of amides is 2. The minimum atomic E-state index is -0.682. The molecule has 2 amide bonds. The molecule has 140 valence electrons. The molecule has 3 heterocycles. The van der Waals surface area contributed by atoms with Gasteiger partial charge in [0, 0.05) is 0 Å². The number of nitrogens with zero attached hydrogens (tertiary/aromatic N) is 3. The normalized spacial score (nSPS) is 30.6. The average molecular weight is 373 g/mol. The number of imide groups is 1. The number of hydrogen-bond acceptors (Lipinski definition) is 5. The molecule has 2 saturated heterocycles. The Morgan fingerprint density at radius 3 is 2.14 bits per heavy atom. The summed E-state index contributed by atoms with van der Waals surface area (Å²) in [6.45, 7) is 3.89. The van der Waals surface area contributed by atoms with E-state index in [0.29, 0.717) is 11.4 Å². The van der Waals surface area contributed by atoms with Gasteiger partial charge in [-0.25, -0.2) is 4.90 Å². The summed E-state index contributed by atoms with van der Waals surface area (Å²) in [7, 11) is 0. The van der Waals surface area contributed by atoms with Crippen LogP contribution >= 0.6 is 0 Å². The third-order valence-electron chi connectivity index (χ3n) is 5.75. The fourth-order valence-electron chi connectivity index (χ4n) is 4.30. The van der Waals surface area contributed by atoms with Crippen LogP contribution in [0.4, 0.5) is 17.1 Å². The number of benzene rings is 2. The van der Waals surface area contributed by atoms with Crippen LogP contribution in [-0.4, -0.2) is 23.5 Å². The molecule has 3 aliphatic heterocycles. The maximum absolute atomic E-state index is 13.0. The van der Waals surface area contributed by atoms with Crippen LogP contribution in [-0.2, 0) is 14.3 Å². The van der Waals surface area contributed by atoms with Gasteiger partial charge < -0.3 is 4.74 Å². The van der Waals surface area contributed by atoms with Crippen LogP contribution in [0.2, 0.25) is 0 Å². The molecule has 0 aromatic heterocycles. The molecule has 2 fully saturated rings.